The van der Waals surface area contributed by atoms with Gasteiger partial charge in [0.2, 0.25) is 0 Å². The quantitative estimate of drug-likeness (QED) is 0.835. The molecule has 0 radical (unpaired) electrons. The van der Waals surface area contributed by atoms with Gasteiger partial charge >= 0.3 is 6.18 Å². The Labute approximate surface area is 92.1 Å². The van der Waals surface area contributed by atoms with Gasteiger partial charge < -0.3 is 10.4 Å². The van der Waals surface area contributed by atoms with E-state index in [4.69, 9.17) is 5.11 Å². The van der Waals surface area contributed by atoms with Gasteiger partial charge in [-0.15, -0.1) is 0 Å². The summed E-state index contributed by atoms with van der Waals surface area (Å²) in [6.45, 7) is 2.50. The molecule has 0 heterocycles. The SMILES string of the molecule is C[C@@H](O)CNCc1ccc(C(F)(F)F)cc1. The van der Waals surface area contributed by atoms with Crippen LogP contribution in [0.15, 0.2) is 24.3 Å². The van der Waals surface area contributed by atoms with Gasteiger partial charge in [-0.05, 0) is 24.6 Å². The van der Waals surface area contributed by atoms with Crippen LogP contribution in [0.1, 0.15) is 18.1 Å². The number of rotatable bonds is 4. The summed E-state index contributed by atoms with van der Waals surface area (Å²) in [4.78, 5) is 0. The van der Waals surface area contributed by atoms with E-state index in [0.717, 1.165) is 17.7 Å². The van der Waals surface area contributed by atoms with Crippen LogP contribution in [-0.4, -0.2) is 17.8 Å². The van der Waals surface area contributed by atoms with Gasteiger partial charge in [-0.3, -0.25) is 0 Å². The van der Waals surface area contributed by atoms with E-state index in [-0.39, 0.29) is 0 Å². The van der Waals surface area contributed by atoms with Crippen LogP contribution in [0.3, 0.4) is 0 Å². The molecule has 0 aliphatic rings. The van der Waals surface area contributed by atoms with Crippen molar-refractivity contribution in [2.45, 2.75) is 25.7 Å². The minimum Gasteiger partial charge on any atom is -0.392 e. The molecule has 0 amide bonds. The predicted octanol–water partition coefficient (Wildman–Crippen LogP) is 2.18. The maximum Gasteiger partial charge on any atom is 0.416 e. The fourth-order valence-corrected chi connectivity index (χ4v) is 1.24. The van der Waals surface area contributed by atoms with Crippen molar-refractivity contribution >= 4 is 0 Å². The van der Waals surface area contributed by atoms with E-state index in [9.17, 15) is 13.2 Å². The molecule has 0 bridgehead atoms. The van der Waals surface area contributed by atoms with Gasteiger partial charge in [-0.1, -0.05) is 12.1 Å². The van der Waals surface area contributed by atoms with Crippen LogP contribution < -0.4 is 5.32 Å². The van der Waals surface area contributed by atoms with Crippen molar-refractivity contribution in [2.75, 3.05) is 6.54 Å². The molecule has 0 aliphatic carbocycles. The third kappa shape index (κ3) is 4.20. The molecule has 1 rings (SSSR count). The largest absolute Gasteiger partial charge is 0.416 e. The van der Waals surface area contributed by atoms with Gasteiger partial charge in [-0.2, -0.15) is 13.2 Å². The van der Waals surface area contributed by atoms with E-state index in [0.29, 0.717) is 13.1 Å². The lowest BCUT2D eigenvalue weighted by Gasteiger charge is -2.09. The van der Waals surface area contributed by atoms with Crippen LogP contribution in [-0.2, 0) is 12.7 Å². The van der Waals surface area contributed by atoms with Crippen molar-refractivity contribution in [2.24, 2.45) is 0 Å². The second-order valence-corrected chi connectivity index (χ2v) is 3.67. The monoisotopic (exact) mass is 233 g/mol. The molecule has 16 heavy (non-hydrogen) atoms. The Hall–Kier alpha value is -1.07. The highest BCUT2D eigenvalue weighted by Crippen LogP contribution is 2.28. The summed E-state index contributed by atoms with van der Waals surface area (Å²) >= 11 is 0. The fraction of sp³-hybridized carbons (Fsp3) is 0.455. The summed E-state index contributed by atoms with van der Waals surface area (Å²) in [5.41, 5.74) is 0.112. The van der Waals surface area contributed by atoms with Crippen molar-refractivity contribution in [3.63, 3.8) is 0 Å². The number of alkyl halides is 3. The van der Waals surface area contributed by atoms with Crippen molar-refractivity contribution in [3.05, 3.63) is 35.4 Å². The van der Waals surface area contributed by atoms with Gasteiger partial charge in [0, 0.05) is 13.1 Å². The molecule has 0 unspecified atom stereocenters. The molecule has 0 aromatic heterocycles. The van der Waals surface area contributed by atoms with Crippen LogP contribution in [0.4, 0.5) is 13.2 Å². The molecule has 1 aromatic rings. The predicted molar refractivity (Wildman–Crippen MR) is 54.8 cm³/mol. The second-order valence-electron chi connectivity index (χ2n) is 3.67. The van der Waals surface area contributed by atoms with Crippen LogP contribution in [0, 0.1) is 0 Å². The molecule has 90 valence electrons. The lowest BCUT2D eigenvalue weighted by molar-refractivity contribution is -0.137. The molecule has 2 nitrogen and oxygen atoms in total. The Morgan fingerprint density at radius 2 is 1.81 bits per heavy atom. The average Bonchev–Trinajstić information content (AvgIpc) is 2.16. The first-order valence-corrected chi connectivity index (χ1v) is 4.94. The van der Waals surface area contributed by atoms with E-state index >= 15 is 0 Å². The van der Waals surface area contributed by atoms with E-state index in [1.54, 1.807) is 6.92 Å². The second kappa shape index (κ2) is 5.32. The Balaban J connectivity index is 2.52. The molecule has 2 N–H and O–H groups in total. The zero-order chi connectivity index (χ0) is 12.2. The molecule has 1 aromatic carbocycles. The van der Waals surface area contributed by atoms with E-state index in [2.05, 4.69) is 5.32 Å². The average molecular weight is 233 g/mol. The highest BCUT2D eigenvalue weighted by molar-refractivity contribution is 5.24. The van der Waals surface area contributed by atoms with E-state index in [1.165, 1.54) is 12.1 Å². The van der Waals surface area contributed by atoms with Crippen molar-refractivity contribution in [1.82, 2.24) is 5.32 Å². The molecule has 0 saturated carbocycles. The molecule has 1 atom stereocenters. The normalized spacial score (nSPS) is 13.8. The smallest absolute Gasteiger partial charge is 0.392 e. The first kappa shape index (κ1) is 13.0. The molecule has 0 aliphatic heterocycles. The minimum atomic E-state index is -4.29. The number of halogens is 3. The highest BCUT2D eigenvalue weighted by atomic mass is 19.4. The first-order valence-electron chi connectivity index (χ1n) is 4.94. The standard InChI is InChI=1S/C11H14F3NO/c1-8(16)6-15-7-9-2-4-10(5-3-9)11(12,13)14/h2-5,8,15-16H,6-7H2,1H3/t8-/m1/s1. The third-order valence-corrected chi connectivity index (χ3v) is 2.05. The molecule has 0 spiro atoms. The Morgan fingerprint density at radius 1 is 1.25 bits per heavy atom. The van der Waals surface area contributed by atoms with Gasteiger partial charge in [0.15, 0.2) is 0 Å². The number of benzene rings is 1. The lowest BCUT2D eigenvalue weighted by Crippen LogP contribution is -2.23. The summed E-state index contributed by atoms with van der Waals surface area (Å²) in [5, 5.41) is 11.9. The highest BCUT2D eigenvalue weighted by Gasteiger charge is 2.29. The van der Waals surface area contributed by atoms with Gasteiger partial charge in [-0.25, -0.2) is 0 Å². The topological polar surface area (TPSA) is 32.3 Å². The zero-order valence-corrected chi connectivity index (χ0v) is 8.88. The van der Waals surface area contributed by atoms with Crippen LogP contribution in [0.2, 0.25) is 0 Å². The Bertz CT molecular complexity index is 319. The molecule has 0 fully saturated rings. The summed E-state index contributed by atoms with van der Waals surface area (Å²) in [5.74, 6) is 0. The van der Waals surface area contributed by atoms with Crippen molar-refractivity contribution in [1.29, 1.82) is 0 Å². The molecule has 0 saturated heterocycles. The van der Waals surface area contributed by atoms with Gasteiger partial charge in [0.1, 0.15) is 0 Å². The van der Waals surface area contributed by atoms with Gasteiger partial charge in [0.05, 0.1) is 11.7 Å². The number of hydrogen-bond donors (Lipinski definition) is 2. The minimum absolute atomic E-state index is 0.418. The van der Waals surface area contributed by atoms with Crippen LogP contribution in [0.5, 0.6) is 0 Å². The third-order valence-electron chi connectivity index (χ3n) is 2.05. The number of aliphatic hydroxyl groups is 1. The lowest BCUT2D eigenvalue weighted by atomic mass is 10.1. The molecular formula is C11H14F3NO. The number of aliphatic hydroxyl groups excluding tert-OH is 1. The Kier molecular flexibility index (Phi) is 4.32. The summed E-state index contributed by atoms with van der Waals surface area (Å²) in [6, 6.07) is 4.97. The van der Waals surface area contributed by atoms with Crippen LogP contribution >= 0.6 is 0 Å². The number of nitrogens with one attached hydrogen (secondary N) is 1. The molecule has 5 heteroatoms. The maximum absolute atomic E-state index is 12.2. The Morgan fingerprint density at radius 3 is 2.25 bits per heavy atom. The van der Waals surface area contributed by atoms with Gasteiger partial charge in [0.25, 0.3) is 0 Å². The van der Waals surface area contributed by atoms with E-state index in [1.807, 2.05) is 0 Å². The molecular weight excluding hydrogens is 219 g/mol. The van der Waals surface area contributed by atoms with Crippen molar-refractivity contribution < 1.29 is 18.3 Å². The summed E-state index contributed by atoms with van der Waals surface area (Å²) in [6.07, 6.45) is -4.75. The number of hydrogen-bond acceptors (Lipinski definition) is 2. The summed E-state index contributed by atoms with van der Waals surface area (Å²) < 4.78 is 36.7. The summed E-state index contributed by atoms with van der Waals surface area (Å²) in [7, 11) is 0. The first-order chi connectivity index (χ1) is 7.39. The van der Waals surface area contributed by atoms with Crippen LogP contribution in [0.25, 0.3) is 0 Å². The zero-order valence-electron chi connectivity index (χ0n) is 8.88. The van der Waals surface area contributed by atoms with Crippen molar-refractivity contribution in [3.8, 4) is 0 Å². The maximum atomic E-state index is 12.2. The fourth-order valence-electron chi connectivity index (χ4n) is 1.24. The van der Waals surface area contributed by atoms with E-state index < -0.39 is 17.8 Å².